The van der Waals surface area contributed by atoms with Crippen LogP contribution >= 0.6 is 0 Å². The summed E-state index contributed by atoms with van der Waals surface area (Å²) in [7, 11) is 0. The van der Waals surface area contributed by atoms with Crippen LogP contribution in [-0.2, 0) is 9.59 Å². The number of carboxylic acids is 1. The molecule has 1 aromatic carbocycles. The van der Waals surface area contributed by atoms with Crippen molar-refractivity contribution in [3.05, 3.63) is 35.4 Å². The highest BCUT2D eigenvalue weighted by Gasteiger charge is 2.24. The van der Waals surface area contributed by atoms with Gasteiger partial charge in [-0.25, -0.2) is 0 Å². The molecule has 0 spiro atoms. The molecule has 1 atom stereocenters. The van der Waals surface area contributed by atoms with Gasteiger partial charge < -0.3 is 10.4 Å². The van der Waals surface area contributed by atoms with Gasteiger partial charge in [0.15, 0.2) is 0 Å². The van der Waals surface area contributed by atoms with Gasteiger partial charge in [-0.1, -0.05) is 24.3 Å². The van der Waals surface area contributed by atoms with Gasteiger partial charge in [0.25, 0.3) is 0 Å². The largest absolute Gasteiger partial charge is 0.481 e. The van der Waals surface area contributed by atoms with E-state index in [2.05, 4.69) is 11.4 Å². The lowest BCUT2D eigenvalue weighted by Gasteiger charge is -2.15. The molecule has 1 saturated carbocycles. The summed E-state index contributed by atoms with van der Waals surface area (Å²) in [6.07, 6.45) is 2.87. The zero-order valence-corrected chi connectivity index (χ0v) is 9.43. The molecule has 0 bridgehead atoms. The maximum atomic E-state index is 10.7. The van der Waals surface area contributed by atoms with Crippen LogP contribution in [0.2, 0.25) is 0 Å². The second-order valence-electron chi connectivity index (χ2n) is 4.38. The van der Waals surface area contributed by atoms with Gasteiger partial charge in [-0.15, -0.1) is 0 Å². The lowest BCUT2D eigenvalue weighted by atomic mass is 10.00. The Morgan fingerprint density at radius 2 is 2.29 bits per heavy atom. The van der Waals surface area contributed by atoms with Gasteiger partial charge in [0.05, 0.1) is 12.5 Å². The van der Waals surface area contributed by atoms with Crippen molar-refractivity contribution < 1.29 is 14.7 Å². The highest BCUT2D eigenvalue weighted by atomic mass is 16.4. The molecule has 0 aromatic heterocycles. The van der Waals surface area contributed by atoms with Crippen molar-refractivity contribution in [1.29, 1.82) is 0 Å². The summed E-state index contributed by atoms with van der Waals surface area (Å²) in [5.41, 5.74) is 2.11. The first-order valence-corrected chi connectivity index (χ1v) is 5.72. The number of amides is 1. The summed E-state index contributed by atoms with van der Waals surface area (Å²) >= 11 is 0. The number of carbonyl (C=O) groups excluding carboxylic acids is 1. The minimum Gasteiger partial charge on any atom is -0.481 e. The van der Waals surface area contributed by atoms with E-state index in [1.165, 1.54) is 18.4 Å². The van der Waals surface area contributed by atoms with E-state index in [0.29, 0.717) is 12.3 Å². The average molecular weight is 233 g/mol. The first-order valence-electron chi connectivity index (χ1n) is 5.72. The van der Waals surface area contributed by atoms with E-state index < -0.39 is 12.0 Å². The minimum atomic E-state index is -0.916. The second-order valence-corrected chi connectivity index (χ2v) is 4.38. The molecular weight excluding hydrogens is 218 g/mol. The highest BCUT2D eigenvalue weighted by Crippen LogP contribution is 2.40. The first kappa shape index (κ1) is 11.6. The monoisotopic (exact) mass is 233 g/mol. The Hall–Kier alpha value is -1.84. The fraction of sp³-hybridized carbons (Fsp3) is 0.385. The summed E-state index contributed by atoms with van der Waals surface area (Å²) < 4.78 is 0. The molecule has 0 heterocycles. The minimum absolute atomic E-state index is 0.0904. The van der Waals surface area contributed by atoms with Crippen LogP contribution in [0.15, 0.2) is 24.3 Å². The van der Waals surface area contributed by atoms with Gasteiger partial charge in [0.1, 0.15) is 0 Å². The standard InChI is InChI=1S/C13H15NO3/c15-8-14-12(7-13(16)17)11-3-1-2-10(6-11)9-4-5-9/h1-3,6,8-9,12H,4-5,7H2,(H,14,15)(H,16,17)/t12-/m1/s1. The van der Waals surface area contributed by atoms with Crippen LogP contribution in [0.5, 0.6) is 0 Å². The van der Waals surface area contributed by atoms with Gasteiger partial charge in [-0.2, -0.15) is 0 Å². The van der Waals surface area contributed by atoms with E-state index in [1.54, 1.807) is 0 Å². The first-order chi connectivity index (χ1) is 8.20. The maximum absolute atomic E-state index is 10.7. The Bertz CT molecular complexity index is 426. The van der Waals surface area contributed by atoms with Gasteiger partial charge in [0.2, 0.25) is 6.41 Å². The van der Waals surface area contributed by atoms with E-state index >= 15 is 0 Å². The topological polar surface area (TPSA) is 66.4 Å². The van der Waals surface area contributed by atoms with Gasteiger partial charge in [-0.05, 0) is 29.9 Å². The van der Waals surface area contributed by atoms with Crippen molar-refractivity contribution in [1.82, 2.24) is 5.32 Å². The van der Waals surface area contributed by atoms with E-state index in [-0.39, 0.29) is 6.42 Å². The fourth-order valence-corrected chi connectivity index (χ4v) is 1.98. The fourth-order valence-electron chi connectivity index (χ4n) is 1.98. The van der Waals surface area contributed by atoms with E-state index in [0.717, 1.165) is 5.56 Å². The van der Waals surface area contributed by atoms with Crippen molar-refractivity contribution in [3.63, 3.8) is 0 Å². The quantitative estimate of drug-likeness (QED) is 0.736. The number of hydrogen-bond donors (Lipinski definition) is 2. The predicted octanol–water partition coefficient (Wildman–Crippen LogP) is 1.83. The zero-order valence-electron chi connectivity index (χ0n) is 9.43. The molecule has 1 aliphatic rings. The number of aliphatic carboxylic acids is 1. The van der Waals surface area contributed by atoms with Crippen LogP contribution in [-0.4, -0.2) is 17.5 Å². The van der Waals surface area contributed by atoms with Gasteiger partial charge >= 0.3 is 5.97 Å². The normalized spacial score (nSPS) is 16.2. The summed E-state index contributed by atoms with van der Waals surface area (Å²) in [5, 5.41) is 11.4. The SMILES string of the molecule is O=CN[C@H](CC(=O)O)c1cccc(C2CC2)c1. The van der Waals surface area contributed by atoms with E-state index in [1.807, 2.05) is 18.2 Å². The van der Waals surface area contributed by atoms with E-state index in [9.17, 15) is 9.59 Å². The molecule has 2 rings (SSSR count). The average Bonchev–Trinajstić information content (AvgIpc) is 3.12. The van der Waals surface area contributed by atoms with Crippen molar-refractivity contribution >= 4 is 12.4 Å². The van der Waals surface area contributed by atoms with Crippen LogP contribution < -0.4 is 5.32 Å². The molecule has 2 N–H and O–H groups in total. The molecule has 1 fully saturated rings. The molecule has 0 aliphatic heterocycles. The predicted molar refractivity (Wildman–Crippen MR) is 62.6 cm³/mol. The molecular formula is C13H15NO3. The lowest BCUT2D eigenvalue weighted by molar-refractivity contribution is -0.137. The number of rotatable bonds is 6. The van der Waals surface area contributed by atoms with Crippen LogP contribution in [0.4, 0.5) is 0 Å². The molecule has 0 radical (unpaired) electrons. The molecule has 0 saturated heterocycles. The molecule has 90 valence electrons. The van der Waals surface area contributed by atoms with Crippen molar-refractivity contribution in [3.8, 4) is 0 Å². The molecule has 1 aliphatic carbocycles. The van der Waals surface area contributed by atoms with Gasteiger partial charge in [-0.3, -0.25) is 9.59 Å². The van der Waals surface area contributed by atoms with Gasteiger partial charge in [0, 0.05) is 0 Å². The Morgan fingerprint density at radius 3 is 2.88 bits per heavy atom. The summed E-state index contributed by atoms with van der Waals surface area (Å²) in [6.45, 7) is 0. The number of carboxylic acid groups (broad SMARTS) is 1. The molecule has 17 heavy (non-hydrogen) atoms. The Morgan fingerprint density at radius 1 is 1.53 bits per heavy atom. The molecule has 1 aromatic rings. The Labute approximate surface area is 99.6 Å². The molecule has 0 unspecified atom stereocenters. The molecule has 4 heteroatoms. The third kappa shape index (κ3) is 3.06. The van der Waals surface area contributed by atoms with E-state index in [4.69, 9.17) is 5.11 Å². The number of benzene rings is 1. The third-order valence-electron chi connectivity index (χ3n) is 3.01. The molecule has 1 amide bonds. The number of nitrogens with one attached hydrogen (secondary N) is 1. The van der Waals surface area contributed by atoms with Crippen LogP contribution in [0.3, 0.4) is 0 Å². The second kappa shape index (κ2) is 4.99. The summed E-state index contributed by atoms with van der Waals surface area (Å²) in [4.78, 5) is 21.2. The van der Waals surface area contributed by atoms with Crippen molar-refractivity contribution in [2.24, 2.45) is 0 Å². The lowest BCUT2D eigenvalue weighted by Crippen LogP contribution is -2.22. The van der Waals surface area contributed by atoms with Crippen molar-refractivity contribution in [2.45, 2.75) is 31.2 Å². The summed E-state index contributed by atoms with van der Waals surface area (Å²) in [5.74, 6) is -0.294. The molecule has 4 nitrogen and oxygen atoms in total. The van der Waals surface area contributed by atoms with Crippen LogP contribution in [0.1, 0.15) is 42.3 Å². The van der Waals surface area contributed by atoms with Crippen LogP contribution in [0.25, 0.3) is 0 Å². The number of carbonyl (C=O) groups is 2. The third-order valence-corrected chi connectivity index (χ3v) is 3.01. The smallest absolute Gasteiger partial charge is 0.305 e. The van der Waals surface area contributed by atoms with Crippen LogP contribution in [0, 0.1) is 0 Å². The maximum Gasteiger partial charge on any atom is 0.305 e. The zero-order chi connectivity index (χ0) is 12.3. The highest BCUT2D eigenvalue weighted by molar-refractivity contribution is 5.68. The Balaban J connectivity index is 2.18. The van der Waals surface area contributed by atoms with Crippen molar-refractivity contribution in [2.75, 3.05) is 0 Å². The summed E-state index contributed by atoms with van der Waals surface area (Å²) in [6, 6.07) is 7.39. The Kier molecular flexibility index (Phi) is 3.42. The number of hydrogen-bond acceptors (Lipinski definition) is 2.